The van der Waals surface area contributed by atoms with Crippen LogP contribution >= 0.6 is 0 Å². The number of hydrogen-bond donors (Lipinski definition) is 2. The first-order valence-corrected chi connectivity index (χ1v) is 9.10. The third kappa shape index (κ3) is 3.27. The number of rotatable bonds is 2. The number of anilines is 1. The number of amides is 4. The predicted octanol–water partition coefficient (Wildman–Crippen LogP) is 1.80. The lowest BCUT2D eigenvalue weighted by Crippen LogP contribution is -2.60. The quantitative estimate of drug-likeness (QED) is 0.800. The van der Waals surface area contributed by atoms with E-state index in [0.717, 1.165) is 18.6 Å². The molecule has 1 aromatic rings. The van der Waals surface area contributed by atoms with E-state index < -0.39 is 35.9 Å². The maximum absolute atomic E-state index is 12.8. The van der Waals surface area contributed by atoms with Gasteiger partial charge in [-0.05, 0) is 37.5 Å². The van der Waals surface area contributed by atoms with Crippen LogP contribution in [0.4, 0.5) is 23.7 Å². The van der Waals surface area contributed by atoms with Gasteiger partial charge in [0.25, 0.3) is 0 Å². The van der Waals surface area contributed by atoms with Crippen molar-refractivity contribution in [1.82, 2.24) is 15.1 Å². The summed E-state index contributed by atoms with van der Waals surface area (Å²) in [5.41, 5.74) is -0.851. The van der Waals surface area contributed by atoms with Crippen LogP contribution in [0.2, 0.25) is 0 Å². The maximum atomic E-state index is 12.8. The Morgan fingerprint density at radius 1 is 1.11 bits per heavy atom. The van der Waals surface area contributed by atoms with E-state index in [1.54, 1.807) is 4.90 Å². The molecule has 0 aliphatic carbocycles. The normalized spacial score (nSPS) is 26.9. The molecule has 2 N–H and O–H groups in total. The van der Waals surface area contributed by atoms with Crippen LogP contribution in [-0.2, 0) is 15.8 Å². The molecule has 28 heavy (non-hydrogen) atoms. The Hall–Kier alpha value is -2.78. The van der Waals surface area contributed by atoms with Gasteiger partial charge in [-0.2, -0.15) is 13.2 Å². The predicted molar refractivity (Wildman–Crippen MR) is 92.2 cm³/mol. The molecule has 0 radical (unpaired) electrons. The monoisotopic (exact) mass is 396 g/mol. The highest BCUT2D eigenvalue weighted by Crippen LogP contribution is 2.33. The van der Waals surface area contributed by atoms with Gasteiger partial charge >= 0.3 is 12.2 Å². The molecular weight excluding hydrogens is 377 g/mol. The fraction of sp³-hybridized carbons (Fsp3) is 0.500. The van der Waals surface area contributed by atoms with Crippen molar-refractivity contribution in [2.45, 2.75) is 43.6 Å². The van der Waals surface area contributed by atoms with Crippen LogP contribution in [0.5, 0.6) is 0 Å². The van der Waals surface area contributed by atoms with E-state index in [2.05, 4.69) is 10.6 Å². The zero-order chi connectivity index (χ0) is 20.1. The average molecular weight is 396 g/mol. The van der Waals surface area contributed by atoms with Crippen molar-refractivity contribution < 1.29 is 27.6 Å². The van der Waals surface area contributed by atoms with Crippen molar-refractivity contribution >= 4 is 23.5 Å². The van der Waals surface area contributed by atoms with Gasteiger partial charge in [0, 0.05) is 18.8 Å². The molecule has 0 spiro atoms. The van der Waals surface area contributed by atoms with Crippen molar-refractivity contribution in [3.63, 3.8) is 0 Å². The molecule has 3 heterocycles. The minimum absolute atomic E-state index is 0.0100. The third-order valence-corrected chi connectivity index (χ3v) is 5.47. The number of carbonyl (C=O) groups is 3. The number of nitrogens with one attached hydrogen (secondary N) is 2. The molecule has 4 amide bonds. The van der Waals surface area contributed by atoms with Crippen LogP contribution in [0.3, 0.4) is 0 Å². The van der Waals surface area contributed by atoms with Crippen molar-refractivity contribution in [3.8, 4) is 0 Å². The number of halogens is 3. The second-order valence-electron chi connectivity index (χ2n) is 7.31. The number of hydrogen-bond acceptors (Lipinski definition) is 3. The Bertz CT molecular complexity index is 799. The van der Waals surface area contributed by atoms with Crippen LogP contribution < -0.4 is 10.6 Å². The van der Waals surface area contributed by atoms with Crippen molar-refractivity contribution in [1.29, 1.82) is 0 Å². The van der Waals surface area contributed by atoms with Gasteiger partial charge in [-0.1, -0.05) is 6.07 Å². The fourth-order valence-electron chi connectivity index (χ4n) is 4.21. The summed E-state index contributed by atoms with van der Waals surface area (Å²) < 4.78 is 38.3. The lowest BCUT2D eigenvalue weighted by molar-refractivity contribution is -0.156. The van der Waals surface area contributed by atoms with E-state index in [-0.39, 0.29) is 24.0 Å². The van der Waals surface area contributed by atoms with Gasteiger partial charge in [-0.25, -0.2) is 4.79 Å². The van der Waals surface area contributed by atoms with Gasteiger partial charge in [-0.15, -0.1) is 0 Å². The van der Waals surface area contributed by atoms with E-state index in [1.165, 1.54) is 17.0 Å². The molecular formula is C18H19F3N4O3. The Kier molecular flexibility index (Phi) is 4.43. The van der Waals surface area contributed by atoms with Crippen molar-refractivity contribution in [3.05, 3.63) is 29.8 Å². The molecule has 3 saturated heterocycles. The van der Waals surface area contributed by atoms with Gasteiger partial charge in [-0.3, -0.25) is 9.59 Å². The first kappa shape index (κ1) is 18.6. The molecule has 3 aliphatic rings. The lowest BCUT2D eigenvalue weighted by atomic mass is 10.1. The van der Waals surface area contributed by atoms with E-state index in [4.69, 9.17) is 0 Å². The highest BCUT2D eigenvalue weighted by molar-refractivity contribution is 5.98. The largest absolute Gasteiger partial charge is 0.416 e. The summed E-state index contributed by atoms with van der Waals surface area (Å²) in [4.78, 5) is 40.5. The van der Waals surface area contributed by atoms with E-state index in [1.807, 2.05) is 0 Å². The van der Waals surface area contributed by atoms with Crippen LogP contribution in [0.1, 0.15) is 24.8 Å². The number of nitrogens with zero attached hydrogens (tertiary/aromatic N) is 2. The SMILES string of the molecule is O=C(Nc1cccc(C(F)(F)F)c1)N[C@H]1C[C@H]2C(=O)N3CCC[C@H]3C(=O)N2C1. The van der Waals surface area contributed by atoms with Crippen molar-refractivity contribution in [2.24, 2.45) is 0 Å². The summed E-state index contributed by atoms with van der Waals surface area (Å²) in [6.45, 7) is 0.795. The lowest BCUT2D eigenvalue weighted by Gasteiger charge is -2.38. The summed E-state index contributed by atoms with van der Waals surface area (Å²) in [7, 11) is 0. The van der Waals surface area contributed by atoms with Gasteiger partial charge < -0.3 is 20.4 Å². The third-order valence-electron chi connectivity index (χ3n) is 5.47. The molecule has 7 nitrogen and oxygen atoms in total. The average Bonchev–Trinajstić information content (AvgIpc) is 3.26. The van der Waals surface area contributed by atoms with Crippen LogP contribution in [0, 0.1) is 0 Å². The molecule has 150 valence electrons. The molecule has 0 unspecified atom stereocenters. The van der Waals surface area contributed by atoms with E-state index in [0.29, 0.717) is 19.4 Å². The Balaban J connectivity index is 1.39. The van der Waals surface area contributed by atoms with Crippen LogP contribution in [0.15, 0.2) is 24.3 Å². The first-order valence-electron chi connectivity index (χ1n) is 9.10. The first-order chi connectivity index (χ1) is 13.2. The summed E-state index contributed by atoms with van der Waals surface area (Å²) >= 11 is 0. The van der Waals surface area contributed by atoms with Gasteiger partial charge in [0.2, 0.25) is 11.8 Å². The molecule has 3 fully saturated rings. The Morgan fingerprint density at radius 2 is 1.86 bits per heavy atom. The standard InChI is InChI=1S/C18H19F3N4O3/c19-18(20,21)10-3-1-4-11(7-10)22-17(28)23-12-8-14-16(27)24-6-2-5-13(24)15(26)25(14)9-12/h1,3-4,7,12-14H,2,5-6,8-9H2,(H2,22,23,28)/t12-,13-,14-/m0/s1. The zero-order valence-electron chi connectivity index (χ0n) is 14.8. The van der Waals surface area contributed by atoms with Gasteiger partial charge in [0.05, 0.1) is 11.6 Å². The molecule has 0 aromatic heterocycles. The van der Waals surface area contributed by atoms with Crippen LogP contribution in [-0.4, -0.2) is 58.9 Å². The molecule has 1 aromatic carbocycles. The molecule has 0 saturated carbocycles. The number of piperazine rings is 1. The second-order valence-corrected chi connectivity index (χ2v) is 7.31. The molecule has 10 heteroatoms. The summed E-state index contributed by atoms with van der Waals surface area (Å²) in [6.07, 6.45) is -2.74. The summed E-state index contributed by atoms with van der Waals surface area (Å²) in [5.74, 6) is -0.186. The van der Waals surface area contributed by atoms with Gasteiger partial charge in [0.15, 0.2) is 0 Å². The molecule has 0 bridgehead atoms. The number of urea groups is 1. The highest BCUT2D eigenvalue weighted by atomic mass is 19.4. The van der Waals surface area contributed by atoms with E-state index in [9.17, 15) is 27.6 Å². The number of alkyl halides is 3. The summed E-state index contributed by atoms with van der Waals surface area (Å²) in [6, 6.07) is 2.23. The minimum Gasteiger partial charge on any atom is -0.333 e. The smallest absolute Gasteiger partial charge is 0.333 e. The number of carbonyl (C=O) groups excluding carboxylic acids is 3. The topological polar surface area (TPSA) is 81.8 Å². The Labute approximate surface area is 158 Å². The number of fused-ring (bicyclic) bond motifs is 2. The minimum atomic E-state index is -4.50. The molecule has 3 atom stereocenters. The fourth-order valence-corrected chi connectivity index (χ4v) is 4.21. The molecule has 4 rings (SSSR count). The summed E-state index contributed by atoms with van der Waals surface area (Å²) in [5, 5.41) is 5.03. The van der Waals surface area contributed by atoms with E-state index >= 15 is 0 Å². The number of benzene rings is 1. The maximum Gasteiger partial charge on any atom is 0.416 e. The second kappa shape index (κ2) is 6.68. The molecule has 3 aliphatic heterocycles. The zero-order valence-corrected chi connectivity index (χ0v) is 14.8. The van der Waals surface area contributed by atoms with Gasteiger partial charge in [0.1, 0.15) is 12.1 Å². The van der Waals surface area contributed by atoms with Crippen LogP contribution in [0.25, 0.3) is 0 Å². The van der Waals surface area contributed by atoms with Crippen molar-refractivity contribution in [2.75, 3.05) is 18.4 Å². The highest BCUT2D eigenvalue weighted by Gasteiger charge is 2.51. The Morgan fingerprint density at radius 3 is 2.61 bits per heavy atom.